The van der Waals surface area contributed by atoms with Crippen LogP contribution in [0.4, 0.5) is 19.1 Å². The number of aliphatic hydroxyl groups is 1. The molecule has 3 rings (SSSR count). The van der Waals surface area contributed by atoms with Crippen LogP contribution < -0.4 is 10.2 Å². The highest BCUT2D eigenvalue weighted by molar-refractivity contribution is 5.32. The van der Waals surface area contributed by atoms with Crippen molar-refractivity contribution in [2.24, 2.45) is 0 Å². The molecule has 1 unspecified atom stereocenters. The van der Waals surface area contributed by atoms with Crippen LogP contribution >= 0.6 is 0 Å². The van der Waals surface area contributed by atoms with E-state index < -0.39 is 17.3 Å². The molecule has 0 saturated carbocycles. The summed E-state index contributed by atoms with van der Waals surface area (Å²) >= 11 is 0. The van der Waals surface area contributed by atoms with Crippen LogP contribution in [-0.2, 0) is 11.8 Å². The van der Waals surface area contributed by atoms with Crippen LogP contribution in [0.2, 0.25) is 0 Å². The van der Waals surface area contributed by atoms with Gasteiger partial charge in [-0.25, -0.2) is 9.97 Å². The number of halogens is 3. The first kappa shape index (κ1) is 19.6. The molecule has 1 saturated heterocycles. The van der Waals surface area contributed by atoms with Gasteiger partial charge in [-0.15, -0.1) is 0 Å². The fourth-order valence-electron chi connectivity index (χ4n) is 3.55. The quantitative estimate of drug-likeness (QED) is 0.856. The standard InChI is InChI=1S/C19H23F3N4O/c1-12-8-18(27,14-4-6-15(7-5-14)19(20,21)22)9-16(25-12)13-10-23-17(24-11-13)26(2)3/h4-7,10-12,16,25,27H,8-9H2,1-3H3/t12-,16-,18?/m0/s1. The van der Waals surface area contributed by atoms with E-state index in [1.54, 1.807) is 17.3 Å². The van der Waals surface area contributed by atoms with Crippen molar-refractivity contribution in [2.75, 3.05) is 19.0 Å². The maximum atomic E-state index is 12.8. The number of hydrogen-bond donors (Lipinski definition) is 2. The van der Waals surface area contributed by atoms with Crippen molar-refractivity contribution >= 4 is 5.95 Å². The predicted molar refractivity (Wildman–Crippen MR) is 96.3 cm³/mol. The third-order valence-corrected chi connectivity index (χ3v) is 4.88. The number of hydrogen-bond acceptors (Lipinski definition) is 5. The average Bonchev–Trinajstić information content (AvgIpc) is 2.60. The van der Waals surface area contributed by atoms with Crippen molar-refractivity contribution in [2.45, 2.75) is 43.6 Å². The molecule has 0 bridgehead atoms. The van der Waals surface area contributed by atoms with Crippen molar-refractivity contribution in [1.82, 2.24) is 15.3 Å². The van der Waals surface area contributed by atoms with E-state index in [1.807, 2.05) is 21.0 Å². The molecule has 146 valence electrons. The van der Waals surface area contributed by atoms with Gasteiger partial charge in [0.2, 0.25) is 5.95 Å². The van der Waals surface area contributed by atoms with E-state index in [4.69, 9.17) is 0 Å². The van der Waals surface area contributed by atoms with E-state index in [9.17, 15) is 18.3 Å². The molecule has 0 aliphatic carbocycles. The monoisotopic (exact) mass is 380 g/mol. The maximum Gasteiger partial charge on any atom is 0.416 e. The Kier molecular flexibility index (Phi) is 5.14. The average molecular weight is 380 g/mol. The predicted octanol–water partition coefficient (Wildman–Crippen LogP) is 3.26. The maximum absolute atomic E-state index is 12.8. The van der Waals surface area contributed by atoms with Gasteiger partial charge in [-0.05, 0) is 37.5 Å². The SMILES string of the molecule is C[C@H]1CC(O)(c2ccc(C(F)(F)F)cc2)C[C@@H](c2cnc(N(C)C)nc2)N1. The first-order valence-corrected chi connectivity index (χ1v) is 8.74. The van der Waals surface area contributed by atoms with Gasteiger partial charge in [0.1, 0.15) is 0 Å². The molecule has 1 fully saturated rings. The van der Waals surface area contributed by atoms with Crippen LogP contribution in [0.25, 0.3) is 0 Å². The third kappa shape index (κ3) is 4.22. The summed E-state index contributed by atoms with van der Waals surface area (Å²) < 4.78 is 38.4. The molecule has 0 radical (unpaired) electrons. The largest absolute Gasteiger partial charge is 0.416 e. The third-order valence-electron chi connectivity index (χ3n) is 4.88. The second-order valence-corrected chi connectivity index (χ2v) is 7.35. The second-order valence-electron chi connectivity index (χ2n) is 7.35. The number of nitrogens with one attached hydrogen (secondary N) is 1. The van der Waals surface area contributed by atoms with Crippen LogP contribution in [0.5, 0.6) is 0 Å². The molecule has 1 aromatic heterocycles. The molecular weight excluding hydrogens is 357 g/mol. The highest BCUT2D eigenvalue weighted by Crippen LogP contribution is 2.40. The van der Waals surface area contributed by atoms with Crippen LogP contribution in [0.1, 0.15) is 42.5 Å². The summed E-state index contributed by atoms with van der Waals surface area (Å²) in [5.41, 5.74) is -0.627. The zero-order valence-corrected chi connectivity index (χ0v) is 15.5. The van der Waals surface area contributed by atoms with Gasteiger partial charge in [-0.1, -0.05) is 12.1 Å². The van der Waals surface area contributed by atoms with Crippen molar-refractivity contribution in [3.63, 3.8) is 0 Å². The Morgan fingerprint density at radius 2 is 1.70 bits per heavy atom. The molecular formula is C19H23F3N4O. The van der Waals surface area contributed by atoms with E-state index in [0.29, 0.717) is 24.4 Å². The van der Waals surface area contributed by atoms with Crippen molar-refractivity contribution in [3.05, 3.63) is 53.3 Å². The Hall–Kier alpha value is -2.19. The normalized spacial score (nSPS) is 26.0. The van der Waals surface area contributed by atoms with E-state index in [-0.39, 0.29) is 12.1 Å². The molecule has 5 nitrogen and oxygen atoms in total. The van der Waals surface area contributed by atoms with Crippen molar-refractivity contribution < 1.29 is 18.3 Å². The summed E-state index contributed by atoms with van der Waals surface area (Å²) in [5, 5.41) is 14.6. The first-order chi connectivity index (χ1) is 12.6. The highest BCUT2D eigenvalue weighted by atomic mass is 19.4. The number of aromatic nitrogens is 2. The summed E-state index contributed by atoms with van der Waals surface area (Å²) in [6.45, 7) is 1.94. The Morgan fingerprint density at radius 1 is 1.11 bits per heavy atom. The number of anilines is 1. The Balaban J connectivity index is 1.85. The van der Waals surface area contributed by atoms with Gasteiger partial charge in [0.25, 0.3) is 0 Å². The Morgan fingerprint density at radius 3 is 2.22 bits per heavy atom. The van der Waals surface area contributed by atoms with Gasteiger partial charge in [0, 0.05) is 44.1 Å². The molecule has 27 heavy (non-hydrogen) atoms. The van der Waals surface area contributed by atoms with Crippen LogP contribution in [0, 0.1) is 0 Å². The number of nitrogens with zero attached hydrogens (tertiary/aromatic N) is 3. The van der Waals surface area contributed by atoms with E-state index in [0.717, 1.165) is 17.7 Å². The Labute approximate surface area is 156 Å². The van der Waals surface area contributed by atoms with Gasteiger partial charge >= 0.3 is 6.18 Å². The summed E-state index contributed by atoms with van der Waals surface area (Å²) in [6.07, 6.45) is -0.230. The minimum atomic E-state index is -4.39. The lowest BCUT2D eigenvalue weighted by molar-refractivity contribution is -0.137. The molecule has 2 aromatic rings. The number of piperidine rings is 1. The fraction of sp³-hybridized carbons (Fsp3) is 0.474. The van der Waals surface area contributed by atoms with Gasteiger partial charge in [0.15, 0.2) is 0 Å². The van der Waals surface area contributed by atoms with Crippen molar-refractivity contribution in [1.29, 1.82) is 0 Å². The molecule has 0 amide bonds. The summed E-state index contributed by atoms with van der Waals surface area (Å²) in [6, 6.07) is 4.54. The zero-order chi connectivity index (χ0) is 19.8. The molecule has 1 aliphatic heterocycles. The van der Waals surface area contributed by atoms with Crippen LogP contribution in [0.15, 0.2) is 36.7 Å². The Bertz CT molecular complexity index is 777. The molecule has 0 spiro atoms. The zero-order valence-electron chi connectivity index (χ0n) is 15.5. The topological polar surface area (TPSA) is 61.3 Å². The van der Waals surface area contributed by atoms with Crippen molar-refractivity contribution in [3.8, 4) is 0 Å². The van der Waals surface area contributed by atoms with Crippen LogP contribution in [0.3, 0.4) is 0 Å². The summed E-state index contributed by atoms with van der Waals surface area (Å²) in [4.78, 5) is 10.4. The van der Waals surface area contributed by atoms with E-state index >= 15 is 0 Å². The van der Waals surface area contributed by atoms with Gasteiger partial charge < -0.3 is 15.3 Å². The van der Waals surface area contributed by atoms with E-state index in [1.165, 1.54) is 12.1 Å². The lowest BCUT2D eigenvalue weighted by atomic mass is 9.77. The number of rotatable bonds is 3. The summed E-state index contributed by atoms with van der Waals surface area (Å²) in [7, 11) is 3.69. The van der Waals surface area contributed by atoms with Gasteiger partial charge in [-0.3, -0.25) is 0 Å². The number of alkyl halides is 3. The molecule has 2 N–H and O–H groups in total. The minimum absolute atomic E-state index is 0.0235. The second kappa shape index (κ2) is 7.09. The van der Waals surface area contributed by atoms with Crippen LogP contribution in [-0.4, -0.2) is 35.2 Å². The fourth-order valence-corrected chi connectivity index (χ4v) is 3.55. The van der Waals surface area contributed by atoms with E-state index in [2.05, 4.69) is 15.3 Å². The smallest absolute Gasteiger partial charge is 0.385 e. The van der Waals surface area contributed by atoms with Gasteiger partial charge in [-0.2, -0.15) is 13.2 Å². The molecule has 1 aromatic carbocycles. The molecule has 3 atom stereocenters. The molecule has 8 heteroatoms. The lowest BCUT2D eigenvalue weighted by Crippen LogP contribution is -2.46. The first-order valence-electron chi connectivity index (χ1n) is 8.74. The lowest BCUT2D eigenvalue weighted by Gasteiger charge is -2.41. The molecule has 1 aliphatic rings. The molecule has 2 heterocycles. The van der Waals surface area contributed by atoms with Gasteiger partial charge in [0.05, 0.1) is 11.2 Å². The summed E-state index contributed by atoms with van der Waals surface area (Å²) in [5.74, 6) is 0.584. The number of benzene rings is 1. The highest BCUT2D eigenvalue weighted by Gasteiger charge is 2.40. The minimum Gasteiger partial charge on any atom is -0.385 e.